The molecule has 0 unspecified atom stereocenters. The van der Waals surface area contributed by atoms with Crippen molar-refractivity contribution in [2.45, 2.75) is 18.4 Å². The quantitative estimate of drug-likeness (QED) is 0.868. The van der Waals surface area contributed by atoms with E-state index < -0.39 is 23.2 Å². The Kier molecular flexibility index (Phi) is 2.79. The molecule has 0 aromatic heterocycles. The van der Waals surface area contributed by atoms with Gasteiger partial charge in [0.1, 0.15) is 11.4 Å². The van der Waals surface area contributed by atoms with Gasteiger partial charge in [-0.3, -0.25) is 4.79 Å². The lowest BCUT2D eigenvalue weighted by molar-refractivity contribution is -0.140. The van der Waals surface area contributed by atoms with Crippen molar-refractivity contribution in [1.29, 1.82) is 0 Å². The zero-order valence-electron chi connectivity index (χ0n) is 8.67. The van der Waals surface area contributed by atoms with Crippen molar-refractivity contribution in [2.75, 3.05) is 0 Å². The number of carbonyl (C=O) groups is 2. The van der Waals surface area contributed by atoms with E-state index >= 15 is 0 Å². The van der Waals surface area contributed by atoms with Crippen LogP contribution in [0, 0.1) is 5.82 Å². The Morgan fingerprint density at radius 1 is 1.41 bits per heavy atom. The topological polar surface area (TPSA) is 66.4 Å². The third-order valence-electron chi connectivity index (χ3n) is 2.69. The minimum atomic E-state index is -1.22. The van der Waals surface area contributed by atoms with Gasteiger partial charge in [0.05, 0.1) is 5.56 Å². The monoisotopic (exact) mass is 257 g/mol. The average molecular weight is 258 g/mol. The fourth-order valence-electron chi connectivity index (χ4n) is 1.48. The highest BCUT2D eigenvalue weighted by Crippen LogP contribution is 2.35. The molecule has 1 aliphatic rings. The second kappa shape index (κ2) is 4.00. The standard InChI is InChI=1S/C11H9ClFNO3/c12-6-1-2-7(8(13)5-6)9(15)14-11(3-4-11)10(16)17/h1-2,5H,3-4H2,(H,14,15)(H,16,17). The Hall–Kier alpha value is -1.62. The molecule has 0 aliphatic heterocycles. The third kappa shape index (κ3) is 2.24. The molecule has 1 saturated carbocycles. The lowest BCUT2D eigenvalue weighted by atomic mass is 10.1. The Labute approximate surface area is 101 Å². The summed E-state index contributed by atoms with van der Waals surface area (Å²) in [6.45, 7) is 0. The number of benzene rings is 1. The molecule has 6 heteroatoms. The number of aliphatic carboxylic acids is 1. The fourth-order valence-corrected chi connectivity index (χ4v) is 1.63. The Balaban J connectivity index is 2.18. The summed E-state index contributed by atoms with van der Waals surface area (Å²) in [5.74, 6) is -2.60. The highest BCUT2D eigenvalue weighted by Gasteiger charge is 2.51. The molecule has 0 bridgehead atoms. The maximum Gasteiger partial charge on any atom is 0.329 e. The van der Waals surface area contributed by atoms with Crippen LogP contribution in [0.1, 0.15) is 23.2 Å². The van der Waals surface area contributed by atoms with Crippen molar-refractivity contribution < 1.29 is 19.1 Å². The number of halogens is 2. The molecule has 1 aromatic rings. The van der Waals surface area contributed by atoms with Gasteiger partial charge < -0.3 is 10.4 Å². The molecule has 1 aliphatic carbocycles. The number of nitrogens with one attached hydrogen (secondary N) is 1. The van der Waals surface area contributed by atoms with Crippen molar-refractivity contribution in [3.63, 3.8) is 0 Å². The zero-order chi connectivity index (χ0) is 12.6. The van der Waals surface area contributed by atoms with Gasteiger partial charge in [0.25, 0.3) is 5.91 Å². The van der Waals surface area contributed by atoms with Gasteiger partial charge in [0, 0.05) is 5.02 Å². The summed E-state index contributed by atoms with van der Waals surface area (Å²) in [5, 5.41) is 11.4. The predicted octanol–water partition coefficient (Wildman–Crippen LogP) is 1.83. The van der Waals surface area contributed by atoms with Crippen LogP contribution >= 0.6 is 11.6 Å². The number of amides is 1. The van der Waals surface area contributed by atoms with Crippen LogP contribution in [0.2, 0.25) is 5.02 Å². The van der Waals surface area contributed by atoms with E-state index in [4.69, 9.17) is 16.7 Å². The van der Waals surface area contributed by atoms with E-state index in [9.17, 15) is 14.0 Å². The van der Waals surface area contributed by atoms with Crippen LogP contribution in [0.3, 0.4) is 0 Å². The van der Waals surface area contributed by atoms with Crippen LogP contribution in [0.15, 0.2) is 18.2 Å². The largest absolute Gasteiger partial charge is 0.480 e. The molecule has 1 fully saturated rings. The van der Waals surface area contributed by atoms with Gasteiger partial charge in [-0.1, -0.05) is 11.6 Å². The summed E-state index contributed by atoms with van der Waals surface area (Å²) in [7, 11) is 0. The van der Waals surface area contributed by atoms with Gasteiger partial charge in [-0.15, -0.1) is 0 Å². The summed E-state index contributed by atoms with van der Waals surface area (Å²) in [6.07, 6.45) is 0.729. The van der Waals surface area contributed by atoms with Gasteiger partial charge in [0.15, 0.2) is 0 Å². The van der Waals surface area contributed by atoms with Gasteiger partial charge in [-0.25, -0.2) is 9.18 Å². The molecule has 0 heterocycles. The smallest absolute Gasteiger partial charge is 0.329 e. The van der Waals surface area contributed by atoms with Crippen LogP contribution in [0.25, 0.3) is 0 Å². The number of hydrogen-bond acceptors (Lipinski definition) is 2. The molecule has 2 N–H and O–H groups in total. The molecule has 0 atom stereocenters. The lowest BCUT2D eigenvalue weighted by Gasteiger charge is -2.12. The summed E-state index contributed by atoms with van der Waals surface area (Å²) < 4.78 is 13.4. The molecule has 1 amide bonds. The summed E-state index contributed by atoms with van der Waals surface area (Å²) in [4.78, 5) is 22.5. The number of carboxylic acids is 1. The Bertz CT molecular complexity index is 499. The highest BCUT2D eigenvalue weighted by atomic mass is 35.5. The molecule has 0 spiro atoms. The van der Waals surface area contributed by atoms with Crippen molar-refractivity contribution in [1.82, 2.24) is 5.32 Å². The van der Waals surface area contributed by atoms with Gasteiger partial charge >= 0.3 is 5.97 Å². The van der Waals surface area contributed by atoms with Crippen LogP contribution in [0.5, 0.6) is 0 Å². The van der Waals surface area contributed by atoms with E-state index in [-0.39, 0.29) is 10.6 Å². The van der Waals surface area contributed by atoms with E-state index in [1.165, 1.54) is 12.1 Å². The summed E-state index contributed by atoms with van der Waals surface area (Å²) in [5.41, 5.74) is -1.43. The number of carboxylic acid groups (broad SMARTS) is 1. The van der Waals surface area contributed by atoms with Crippen molar-refractivity contribution in [2.24, 2.45) is 0 Å². The summed E-state index contributed by atoms with van der Waals surface area (Å²) >= 11 is 5.55. The number of carbonyl (C=O) groups excluding carboxylic acids is 1. The predicted molar refractivity (Wildman–Crippen MR) is 58.5 cm³/mol. The van der Waals surface area contributed by atoms with E-state index in [2.05, 4.69) is 5.32 Å². The Morgan fingerprint density at radius 3 is 2.53 bits per heavy atom. The first kappa shape index (κ1) is 11.9. The van der Waals surface area contributed by atoms with E-state index in [0.29, 0.717) is 12.8 Å². The fraction of sp³-hybridized carbons (Fsp3) is 0.273. The molecular weight excluding hydrogens is 249 g/mol. The molecule has 0 saturated heterocycles. The maximum absolute atomic E-state index is 13.4. The number of hydrogen-bond donors (Lipinski definition) is 2. The molecule has 2 rings (SSSR count). The van der Waals surface area contributed by atoms with Crippen LogP contribution in [-0.2, 0) is 4.79 Å². The van der Waals surface area contributed by atoms with E-state index in [0.717, 1.165) is 6.07 Å². The lowest BCUT2D eigenvalue weighted by Crippen LogP contribution is -2.43. The number of rotatable bonds is 3. The maximum atomic E-state index is 13.4. The molecular formula is C11H9ClFNO3. The molecule has 17 heavy (non-hydrogen) atoms. The molecule has 90 valence electrons. The highest BCUT2D eigenvalue weighted by molar-refractivity contribution is 6.30. The second-order valence-corrected chi connectivity index (χ2v) is 4.40. The van der Waals surface area contributed by atoms with Crippen molar-refractivity contribution in [3.8, 4) is 0 Å². The SMILES string of the molecule is O=C(NC1(C(=O)O)CC1)c1ccc(Cl)cc1F. The average Bonchev–Trinajstić information content (AvgIpc) is 2.98. The minimum absolute atomic E-state index is 0.179. The first-order valence-electron chi connectivity index (χ1n) is 4.95. The van der Waals surface area contributed by atoms with Crippen molar-refractivity contribution in [3.05, 3.63) is 34.6 Å². The van der Waals surface area contributed by atoms with Crippen LogP contribution in [-0.4, -0.2) is 22.5 Å². The zero-order valence-corrected chi connectivity index (χ0v) is 9.42. The van der Waals surface area contributed by atoms with Gasteiger partial charge in [0.2, 0.25) is 0 Å². The first-order chi connectivity index (χ1) is 7.94. The van der Waals surface area contributed by atoms with Gasteiger partial charge in [-0.2, -0.15) is 0 Å². The van der Waals surface area contributed by atoms with Crippen molar-refractivity contribution >= 4 is 23.5 Å². The normalized spacial score (nSPS) is 16.4. The summed E-state index contributed by atoms with van der Waals surface area (Å²) in [6, 6.07) is 3.61. The molecule has 0 radical (unpaired) electrons. The van der Waals surface area contributed by atoms with E-state index in [1.807, 2.05) is 0 Å². The first-order valence-corrected chi connectivity index (χ1v) is 5.33. The van der Waals surface area contributed by atoms with E-state index in [1.54, 1.807) is 0 Å². The van der Waals surface area contributed by atoms with Crippen LogP contribution < -0.4 is 5.32 Å². The van der Waals surface area contributed by atoms with Crippen LogP contribution in [0.4, 0.5) is 4.39 Å². The molecule has 1 aromatic carbocycles. The van der Waals surface area contributed by atoms with Gasteiger partial charge in [-0.05, 0) is 31.0 Å². The molecule has 4 nitrogen and oxygen atoms in total. The Morgan fingerprint density at radius 2 is 2.06 bits per heavy atom. The minimum Gasteiger partial charge on any atom is -0.480 e. The second-order valence-electron chi connectivity index (χ2n) is 3.97. The third-order valence-corrected chi connectivity index (χ3v) is 2.92.